The summed E-state index contributed by atoms with van der Waals surface area (Å²) in [4.78, 5) is 11.5. The van der Waals surface area contributed by atoms with E-state index >= 15 is 0 Å². The molecule has 0 aliphatic rings. The minimum atomic E-state index is -1.21. The summed E-state index contributed by atoms with van der Waals surface area (Å²) in [5, 5.41) is 5.75. The maximum atomic E-state index is 13.6. The number of alkyl halides is 1. The quantitative estimate of drug-likeness (QED) is 0.328. The topological polar surface area (TPSA) is 78.1 Å². The third kappa shape index (κ3) is 16.7. The van der Waals surface area contributed by atoms with Gasteiger partial charge < -0.3 is 29.6 Å². The normalized spacial score (nSPS) is 13.5. The Morgan fingerprint density at radius 3 is 2.00 bits per heavy atom. The molecule has 0 aromatic heterocycles. The van der Waals surface area contributed by atoms with Crippen molar-refractivity contribution in [3.63, 3.8) is 0 Å². The van der Waals surface area contributed by atoms with E-state index in [9.17, 15) is 9.18 Å². The summed E-state index contributed by atoms with van der Waals surface area (Å²) >= 11 is 0. The van der Waals surface area contributed by atoms with E-state index in [1.807, 2.05) is 13.8 Å². The smallest absolute Gasteiger partial charge is 0.222 e. The molecule has 0 rings (SSSR count). The first-order chi connectivity index (χ1) is 12.6. The molecule has 0 aromatic rings. The van der Waals surface area contributed by atoms with Crippen LogP contribution in [-0.2, 0) is 23.7 Å². The molecular weight excluding hydrogens is 343 g/mol. The monoisotopic (exact) mass is 380 g/mol. The summed E-state index contributed by atoms with van der Waals surface area (Å²) in [7, 11) is 0. The summed E-state index contributed by atoms with van der Waals surface area (Å²) in [6.07, 6.45) is -0.470. The molecule has 156 valence electrons. The number of hydrogen-bond acceptors (Lipinski definition) is 6. The molecule has 0 spiro atoms. The molecule has 0 aliphatic heterocycles. The molecule has 1 amide bonds. The Balaban J connectivity index is 3.24. The lowest BCUT2D eigenvalue weighted by molar-refractivity contribution is -0.124. The summed E-state index contributed by atoms with van der Waals surface area (Å²) in [5.74, 6) is -0.218. The zero-order valence-electron chi connectivity index (χ0n) is 16.6. The fourth-order valence-corrected chi connectivity index (χ4v) is 1.82. The number of nitrogens with one attached hydrogen (secondary N) is 2. The van der Waals surface area contributed by atoms with Gasteiger partial charge in [0.15, 0.2) is 0 Å². The predicted octanol–water partition coefficient (Wildman–Crippen LogP) is 1.16. The van der Waals surface area contributed by atoms with E-state index in [0.717, 1.165) is 19.5 Å². The molecule has 0 aliphatic carbocycles. The first kappa shape index (κ1) is 25.2. The van der Waals surface area contributed by atoms with Gasteiger partial charge in [-0.15, -0.1) is 0 Å². The lowest BCUT2D eigenvalue weighted by Gasteiger charge is -2.13. The molecule has 2 N–H and O–H groups in total. The molecule has 0 fully saturated rings. The van der Waals surface area contributed by atoms with Crippen LogP contribution in [0.25, 0.3) is 0 Å². The number of ether oxygens (including phenoxy) is 4. The third-order valence-corrected chi connectivity index (χ3v) is 3.65. The zero-order chi connectivity index (χ0) is 19.5. The number of carbonyl (C=O) groups excluding carboxylic acids is 1. The van der Waals surface area contributed by atoms with Crippen molar-refractivity contribution < 1.29 is 28.1 Å². The van der Waals surface area contributed by atoms with Crippen LogP contribution in [0, 0.1) is 5.92 Å². The van der Waals surface area contributed by atoms with Crippen LogP contribution in [-0.4, -0.2) is 84.6 Å². The van der Waals surface area contributed by atoms with Gasteiger partial charge in [-0.2, -0.15) is 0 Å². The van der Waals surface area contributed by atoms with Crippen LogP contribution in [0.15, 0.2) is 0 Å². The molecular formula is C18H37FN2O5. The van der Waals surface area contributed by atoms with Gasteiger partial charge in [-0.25, -0.2) is 4.39 Å². The molecule has 0 saturated carbocycles. The summed E-state index contributed by atoms with van der Waals surface area (Å²) in [6, 6.07) is 0. The number of likely N-dealkylation sites (N-methyl/N-ethyl adjacent to an activating group) is 1. The number of halogens is 1. The number of amides is 1. The number of carbonyl (C=O) groups is 1. The van der Waals surface area contributed by atoms with Gasteiger partial charge in [0.2, 0.25) is 5.91 Å². The standard InChI is InChI=1S/C18H37FN2O5/c1-4-16(3)18(22)21-14-17(19)15-26-13-12-25-11-10-24-9-8-23-7-6-20-5-2/h16-17,20H,4-15H2,1-3H3,(H,21,22). The van der Waals surface area contributed by atoms with Crippen molar-refractivity contribution in [1.29, 1.82) is 0 Å². The van der Waals surface area contributed by atoms with Gasteiger partial charge in [-0.3, -0.25) is 4.79 Å². The van der Waals surface area contributed by atoms with Gasteiger partial charge in [-0.05, 0) is 13.0 Å². The van der Waals surface area contributed by atoms with Crippen LogP contribution < -0.4 is 10.6 Å². The molecule has 2 atom stereocenters. The Kier molecular flexibility index (Phi) is 18.4. The minimum Gasteiger partial charge on any atom is -0.378 e. The Morgan fingerprint density at radius 1 is 0.923 bits per heavy atom. The average Bonchev–Trinajstić information content (AvgIpc) is 2.65. The lowest BCUT2D eigenvalue weighted by Crippen LogP contribution is -2.35. The van der Waals surface area contributed by atoms with Crippen LogP contribution in [0.4, 0.5) is 4.39 Å². The molecule has 2 unspecified atom stereocenters. The second-order valence-electron chi connectivity index (χ2n) is 5.92. The van der Waals surface area contributed by atoms with Crippen LogP contribution in [0.2, 0.25) is 0 Å². The van der Waals surface area contributed by atoms with E-state index in [1.54, 1.807) is 0 Å². The van der Waals surface area contributed by atoms with Crippen molar-refractivity contribution in [3.05, 3.63) is 0 Å². The first-order valence-electron chi connectivity index (χ1n) is 9.55. The van der Waals surface area contributed by atoms with E-state index < -0.39 is 6.17 Å². The number of rotatable bonds is 19. The van der Waals surface area contributed by atoms with Crippen molar-refractivity contribution >= 4 is 5.91 Å². The van der Waals surface area contributed by atoms with E-state index in [0.29, 0.717) is 46.2 Å². The molecule has 0 radical (unpaired) electrons. The maximum Gasteiger partial charge on any atom is 0.222 e. The van der Waals surface area contributed by atoms with Crippen LogP contribution in [0.3, 0.4) is 0 Å². The van der Waals surface area contributed by atoms with E-state index in [2.05, 4.69) is 17.6 Å². The molecule has 8 heteroatoms. The summed E-state index contributed by atoms with van der Waals surface area (Å²) in [6.45, 7) is 11.0. The van der Waals surface area contributed by atoms with E-state index in [-0.39, 0.29) is 25.0 Å². The predicted molar refractivity (Wildman–Crippen MR) is 99.2 cm³/mol. The van der Waals surface area contributed by atoms with Crippen molar-refractivity contribution in [3.8, 4) is 0 Å². The molecule has 0 aromatic carbocycles. The fourth-order valence-electron chi connectivity index (χ4n) is 1.82. The third-order valence-electron chi connectivity index (χ3n) is 3.65. The van der Waals surface area contributed by atoms with Crippen molar-refractivity contribution in [2.24, 2.45) is 5.92 Å². The van der Waals surface area contributed by atoms with Crippen LogP contribution in [0.1, 0.15) is 27.2 Å². The van der Waals surface area contributed by atoms with Crippen LogP contribution in [0.5, 0.6) is 0 Å². The van der Waals surface area contributed by atoms with Crippen molar-refractivity contribution in [2.75, 3.05) is 72.5 Å². The van der Waals surface area contributed by atoms with Gasteiger partial charge in [0.05, 0.1) is 59.4 Å². The first-order valence-corrected chi connectivity index (χ1v) is 9.55. The van der Waals surface area contributed by atoms with Crippen LogP contribution >= 0.6 is 0 Å². The Labute approximate surface area is 157 Å². The molecule has 26 heavy (non-hydrogen) atoms. The highest BCUT2D eigenvalue weighted by Crippen LogP contribution is 2.00. The second kappa shape index (κ2) is 19.0. The van der Waals surface area contributed by atoms with Gasteiger partial charge in [0.25, 0.3) is 0 Å². The molecule has 0 saturated heterocycles. The number of hydrogen-bond donors (Lipinski definition) is 2. The van der Waals surface area contributed by atoms with Crippen molar-refractivity contribution in [2.45, 2.75) is 33.4 Å². The summed E-state index contributed by atoms with van der Waals surface area (Å²) in [5.41, 5.74) is 0. The highest BCUT2D eigenvalue weighted by Gasteiger charge is 2.13. The molecule has 0 heterocycles. The van der Waals surface area contributed by atoms with Gasteiger partial charge >= 0.3 is 0 Å². The maximum absolute atomic E-state index is 13.6. The van der Waals surface area contributed by atoms with Gasteiger partial charge in [0.1, 0.15) is 6.17 Å². The Morgan fingerprint density at radius 2 is 1.46 bits per heavy atom. The van der Waals surface area contributed by atoms with Gasteiger partial charge in [0, 0.05) is 12.5 Å². The molecule has 7 nitrogen and oxygen atoms in total. The fraction of sp³-hybridized carbons (Fsp3) is 0.944. The SMILES string of the molecule is CCNCCOCCOCCOCCOCC(F)CNC(=O)C(C)CC. The highest BCUT2D eigenvalue weighted by molar-refractivity contribution is 5.78. The van der Waals surface area contributed by atoms with Crippen molar-refractivity contribution in [1.82, 2.24) is 10.6 Å². The van der Waals surface area contributed by atoms with E-state index in [4.69, 9.17) is 18.9 Å². The largest absolute Gasteiger partial charge is 0.378 e. The van der Waals surface area contributed by atoms with Gasteiger partial charge in [-0.1, -0.05) is 20.8 Å². The van der Waals surface area contributed by atoms with E-state index in [1.165, 1.54) is 0 Å². The average molecular weight is 381 g/mol. The highest BCUT2D eigenvalue weighted by atomic mass is 19.1. The zero-order valence-corrected chi connectivity index (χ0v) is 16.6. The molecule has 0 bridgehead atoms. The minimum absolute atomic E-state index is 0.0194. The lowest BCUT2D eigenvalue weighted by atomic mass is 10.1. The Hall–Kier alpha value is -0.800. The second-order valence-corrected chi connectivity index (χ2v) is 5.92. The Bertz CT molecular complexity index is 324. The summed E-state index contributed by atoms with van der Waals surface area (Å²) < 4.78 is 34.8.